The Labute approximate surface area is 418 Å². The van der Waals surface area contributed by atoms with Gasteiger partial charge in [0, 0.05) is 32.0 Å². The van der Waals surface area contributed by atoms with Crippen LogP contribution in [0.1, 0.15) is 33.4 Å². The lowest BCUT2D eigenvalue weighted by Crippen LogP contribution is -2.52. The maximum absolute atomic E-state index is 14.9. The molecule has 0 amide bonds. The minimum absolute atomic E-state index is 0.00134. The molecule has 0 spiro atoms. The minimum Gasteiger partial charge on any atom is -0.459 e. The maximum atomic E-state index is 14.9. The lowest BCUT2D eigenvalue weighted by atomic mass is 9.85. The highest BCUT2D eigenvalue weighted by atomic mass is 32.1. The fourth-order valence-electron chi connectivity index (χ4n) is 7.76. The van der Waals surface area contributed by atoms with Gasteiger partial charge in [-0.1, -0.05) is 121 Å². The highest BCUT2D eigenvalue weighted by molar-refractivity contribution is 7.20. The number of hydrogen-bond acceptors (Lipinski definition) is 18. The topological polar surface area (TPSA) is 244 Å². The van der Waals surface area contributed by atoms with Gasteiger partial charge in [0.15, 0.2) is 0 Å². The molecule has 2 aliphatic rings. The van der Waals surface area contributed by atoms with E-state index >= 15 is 0 Å². The van der Waals surface area contributed by atoms with Crippen molar-refractivity contribution >= 4 is 68.0 Å². The van der Waals surface area contributed by atoms with E-state index < -0.39 is 46.5 Å². The van der Waals surface area contributed by atoms with Crippen LogP contribution in [0.3, 0.4) is 0 Å². The third-order valence-electron chi connectivity index (χ3n) is 11.2. The van der Waals surface area contributed by atoms with Gasteiger partial charge in [0.1, 0.15) is 72.2 Å². The Morgan fingerprint density at radius 3 is 0.986 bits per heavy atom. The van der Waals surface area contributed by atoms with Crippen LogP contribution in [0.15, 0.2) is 156 Å². The third kappa shape index (κ3) is 9.13. The van der Waals surface area contributed by atoms with Gasteiger partial charge in [-0.3, -0.25) is 0 Å². The normalized spacial score (nSPS) is 12.7. The fourth-order valence-corrected chi connectivity index (χ4v) is 9.97. The number of carbonyl (C=O) groups excluding carboxylic acids is 4. The summed E-state index contributed by atoms with van der Waals surface area (Å²) in [6, 6.07) is 47.1. The van der Waals surface area contributed by atoms with Gasteiger partial charge >= 0.3 is 35.1 Å². The summed E-state index contributed by atoms with van der Waals surface area (Å²) in [5.74, 6) is -4.99. The average molecular weight is 989 g/mol. The Kier molecular flexibility index (Phi) is 13.5. The van der Waals surface area contributed by atoms with E-state index in [-0.39, 0.29) is 79.9 Å². The second-order valence-corrected chi connectivity index (χ2v) is 17.7. The summed E-state index contributed by atoms with van der Waals surface area (Å²) in [5, 5.41) is 38.9. The van der Waals surface area contributed by atoms with E-state index in [1.54, 1.807) is 146 Å². The number of aliphatic imine (C=N–C) groups is 2. The molecule has 5 aromatic carbocycles. The predicted molar refractivity (Wildman–Crippen MR) is 259 cm³/mol. The van der Waals surface area contributed by atoms with Crippen LogP contribution >= 0.6 is 22.7 Å². The zero-order chi connectivity index (χ0) is 50.2. The van der Waals surface area contributed by atoms with E-state index in [2.05, 4.69) is 9.98 Å². The molecule has 350 valence electrons. The van der Waals surface area contributed by atoms with Crippen molar-refractivity contribution in [2.45, 2.75) is 37.6 Å². The Balaban J connectivity index is 1.24. The molecule has 0 bridgehead atoms. The Morgan fingerprint density at radius 2 is 0.722 bits per heavy atom. The Morgan fingerprint density at radius 1 is 0.444 bits per heavy atom. The molecule has 0 N–H and O–H groups in total. The fraction of sp³-hybridized carbons (Fsp3) is 0.111. The van der Waals surface area contributed by atoms with Gasteiger partial charge in [-0.2, -0.15) is 21.0 Å². The molecule has 4 heterocycles. The van der Waals surface area contributed by atoms with E-state index in [4.69, 9.17) is 28.4 Å². The van der Waals surface area contributed by atoms with Crippen LogP contribution in [0.5, 0.6) is 11.5 Å². The molecular weight excluding hydrogens is 957 g/mol. The Bertz CT molecular complexity index is 3140. The maximum Gasteiger partial charge on any atom is 0.367 e. The van der Waals surface area contributed by atoms with Crippen molar-refractivity contribution in [3.63, 3.8) is 0 Å². The molecule has 0 radical (unpaired) electrons. The molecule has 72 heavy (non-hydrogen) atoms. The van der Waals surface area contributed by atoms with Crippen LogP contribution < -0.4 is 9.47 Å². The first kappa shape index (κ1) is 47.4. The van der Waals surface area contributed by atoms with Crippen LogP contribution in [-0.4, -0.2) is 35.3 Å². The molecule has 0 atom stereocenters. The molecule has 18 heteroatoms. The van der Waals surface area contributed by atoms with Gasteiger partial charge in [-0.25, -0.2) is 29.2 Å². The van der Waals surface area contributed by atoms with Gasteiger partial charge in [-0.05, 0) is 46.5 Å². The Hall–Kier alpha value is -9.72. The van der Waals surface area contributed by atoms with E-state index in [0.29, 0.717) is 22.3 Å². The van der Waals surface area contributed by atoms with Crippen molar-refractivity contribution in [3.8, 4) is 56.7 Å². The van der Waals surface area contributed by atoms with Crippen LogP contribution in [0.25, 0.3) is 20.9 Å². The highest BCUT2D eigenvalue weighted by Crippen LogP contribution is 2.59. The molecule has 2 aromatic heterocycles. The van der Waals surface area contributed by atoms with Gasteiger partial charge in [0.2, 0.25) is 11.4 Å². The van der Waals surface area contributed by atoms with Crippen LogP contribution in [-0.2, 0) is 75.8 Å². The zero-order valence-corrected chi connectivity index (χ0v) is 38.9. The van der Waals surface area contributed by atoms with Crippen molar-refractivity contribution in [1.82, 2.24) is 0 Å². The number of nitrogens with zero attached hydrogens (tertiary/aromatic N) is 6. The number of thiophene rings is 2. The first-order valence-electron chi connectivity index (χ1n) is 21.6. The molecule has 0 unspecified atom stereocenters. The summed E-state index contributed by atoms with van der Waals surface area (Å²) >= 11 is 1.76. The number of rotatable bonds is 14. The summed E-state index contributed by atoms with van der Waals surface area (Å²) in [6.45, 7) is -1.18. The molecule has 0 saturated heterocycles. The van der Waals surface area contributed by atoms with Crippen molar-refractivity contribution in [2.24, 2.45) is 9.98 Å². The number of ether oxygens (including phenoxy) is 6. The quantitative estimate of drug-likeness (QED) is 0.0426. The molecule has 0 saturated carbocycles. The molecule has 9 rings (SSSR count). The van der Waals surface area contributed by atoms with Crippen LogP contribution in [0.2, 0.25) is 0 Å². The average Bonchev–Trinajstić information content (AvgIpc) is 4.07. The van der Waals surface area contributed by atoms with Crippen molar-refractivity contribution in [1.29, 1.82) is 21.0 Å². The monoisotopic (exact) mass is 988 g/mol. The summed E-state index contributed by atoms with van der Waals surface area (Å²) in [4.78, 5) is 68.3. The molecule has 16 nitrogen and oxygen atoms in total. The SMILES string of the molecule is N#CC(C#N)=Nc1cc2c(s1)-c1cc3c(cc1OC2(C(=O)OCc1ccccc1)C(=O)OCc1ccccc1)-c1sc(N=C(C#N)C#N)cc1C(C(=O)OCc1ccccc1)(C(=O)OCc1ccccc1)O3. The smallest absolute Gasteiger partial charge is 0.367 e. The number of esters is 4. The van der Waals surface area contributed by atoms with Gasteiger partial charge in [0.25, 0.3) is 0 Å². The molecule has 0 fully saturated rings. The lowest BCUT2D eigenvalue weighted by molar-refractivity contribution is -0.185. The second-order valence-electron chi connectivity index (χ2n) is 15.7. The van der Waals surface area contributed by atoms with Crippen LogP contribution in [0, 0.1) is 45.3 Å². The number of carbonyl (C=O) groups is 4. The van der Waals surface area contributed by atoms with Crippen molar-refractivity contribution < 1.29 is 47.6 Å². The van der Waals surface area contributed by atoms with Gasteiger partial charge in [-0.15, -0.1) is 22.7 Å². The second kappa shape index (κ2) is 20.5. The predicted octanol–water partition coefficient (Wildman–Crippen LogP) is 9.53. The summed E-state index contributed by atoms with van der Waals surface area (Å²) < 4.78 is 36.8. The number of benzene rings is 5. The summed E-state index contributed by atoms with van der Waals surface area (Å²) in [7, 11) is 0. The summed E-state index contributed by atoms with van der Waals surface area (Å²) in [5.41, 5.74) is -4.17. The standard InChI is InChI=1S/C54H32N6O10S2/c55-25-37(26-56)59-45-23-41-47(71-45)39-22-44-40(21-43(39)69-53(41,49(61)65-29-33-13-5-1-6-14-33)50(62)66-30-34-15-7-2-8-16-34)48-42(24-46(72-48)60-38(27-57)28-58)54(70-44,51(63)67-31-35-17-9-3-10-18-35)52(64)68-32-36-19-11-4-12-20-36/h1-24H,29-32H2. The molecule has 2 aliphatic heterocycles. The zero-order valence-electron chi connectivity index (χ0n) is 37.3. The number of hydrogen-bond donors (Lipinski definition) is 0. The molecular formula is C54H32N6O10S2. The molecule has 0 aliphatic carbocycles. The molecule has 7 aromatic rings. The first-order valence-corrected chi connectivity index (χ1v) is 23.2. The number of fused-ring (bicyclic) bond motifs is 6. The largest absolute Gasteiger partial charge is 0.459 e. The third-order valence-corrected chi connectivity index (χ3v) is 13.3. The van der Waals surface area contributed by atoms with Crippen molar-refractivity contribution in [3.05, 3.63) is 179 Å². The van der Waals surface area contributed by atoms with E-state index in [1.165, 1.54) is 24.3 Å². The van der Waals surface area contributed by atoms with E-state index in [9.17, 15) is 40.2 Å². The van der Waals surface area contributed by atoms with E-state index in [1.807, 2.05) is 0 Å². The van der Waals surface area contributed by atoms with Gasteiger partial charge in [0.05, 0.1) is 0 Å². The number of nitriles is 4. The van der Waals surface area contributed by atoms with Crippen molar-refractivity contribution in [2.75, 3.05) is 0 Å². The minimum atomic E-state index is -2.71. The van der Waals surface area contributed by atoms with Gasteiger partial charge < -0.3 is 28.4 Å². The summed E-state index contributed by atoms with van der Waals surface area (Å²) in [6.07, 6.45) is 0. The van der Waals surface area contributed by atoms with E-state index in [0.717, 1.165) is 22.7 Å². The van der Waals surface area contributed by atoms with Crippen LogP contribution in [0.4, 0.5) is 10.0 Å². The highest BCUT2D eigenvalue weighted by Gasteiger charge is 2.61. The lowest BCUT2D eigenvalue weighted by Gasteiger charge is -2.37. The first-order chi connectivity index (χ1) is 35.1.